The first-order valence-electron chi connectivity index (χ1n) is 14.4. The Bertz CT molecular complexity index is 2140. The fourth-order valence-electron chi connectivity index (χ4n) is 5.11. The van der Waals surface area contributed by atoms with Crippen LogP contribution in [0, 0.1) is 18.6 Å². The summed E-state index contributed by atoms with van der Waals surface area (Å²) in [5.74, 6) is -1.16. The van der Waals surface area contributed by atoms with E-state index in [1.165, 1.54) is 47.2 Å². The van der Waals surface area contributed by atoms with Crippen LogP contribution in [0.5, 0.6) is 17.2 Å². The second-order valence-corrected chi connectivity index (χ2v) is 10.5. The number of aromatic amines is 1. The van der Waals surface area contributed by atoms with Gasteiger partial charge >= 0.3 is 0 Å². The summed E-state index contributed by atoms with van der Waals surface area (Å²) in [7, 11) is 0. The lowest BCUT2D eigenvalue weighted by atomic mass is 10.0. The van der Waals surface area contributed by atoms with Gasteiger partial charge in [0.2, 0.25) is 5.91 Å². The van der Waals surface area contributed by atoms with Crippen LogP contribution in [-0.4, -0.2) is 27.0 Å². The van der Waals surface area contributed by atoms with Crippen molar-refractivity contribution in [3.8, 4) is 34.1 Å². The zero-order valence-electron chi connectivity index (χ0n) is 24.9. The third kappa shape index (κ3) is 6.03. The van der Waals surface area contributed by atoms with Crippen molar-refractivity contribution in [1.29, 1.82) is 0 Å². The molecule has 0 saturated heterocycles. The lowest BCUT2D eigenvalue weighted by molar-refractivity contribution is -0.115. The molecule has 9 nitrogen and oxygen atoms in total. The molecule has 232 valence electrons. The number of aromatic nitrogens is 3. The minimum atomic E-state index is -0.715. The summed E-state index contributed by atoms with van der Waals surface area (Å²) < 4.78 is 41.7. The van der Waals surface area contributed by atoms with Gasteiger partial charge in [-0.1, -0.05) is 12.1 Å². The number of fused-ring (bicyclic) bond motifs is 1. The number of ether oxygens (including phenoxy) is 2. The van der Waals surface area contributed by atoms with Crippen LogP contribution in [0.25, 0.3) is 27.8 Å². The average Bonchev–Trinajstić information content (AvgIpc) is 3.48. The van der Waals surface area contributed by atoms with Crippen molar-refractivity contribution in [3.05, 3.63) is 125 Å². The lowest BCUT2D eigenvalue weighted by Crippen LogP contribution is -2.26. The van der Waals surface area contributed by atoms with E-state index in [2.05, 4.69) is 15.3 Å². The van der Waals surface area contributed by atoms with Gasteiger partial charge in [0.15, 0.2) is 11.6 Å². The summed E-state index contributed by atoms with van der Waals surface area (Å²) in [5, 5.41) is 3.29. The van der Waals surface area contributed by atoms with Gasteiger partial charge in [0.05, 0.1) is 24.0 Å². The number of halogens is 2. The monoisotopic (exact) mass is 621 g/mol. The Labute approximate surface area is 262 Å². The van der Waals surface area contributed by atoms with E-state index in [1.807, 2.05) is 25.1 Å². The second kappa shape index (κ2) is 12.6. The number of carbonyl (C=O) groups is 1. The highest BCUT2D eigenvalue weighted by Crippen LogP contribution is 2.38. The van der Waals surface area contributed by atoms with Crippen LogP contribution >= 0.6 is 0 Å². The van der Waals surface area contributed by atoms with Crippen LogP contribution in [0.1, 0.15) is 18.1 Å². The van der Waals surface area contributed by atoms with Crippen LogP contribution in [0.4, 0.5) is 20.2 Å². The molecule has 3 heterocycles. The first-order chi connectivity index (χ1) is 22.2. The predicted octanol–water partition coefficient (Wildman–Crippen LogP) is 6.92. The van der Waals surface area contributed by atoms with E-state index in [4.69, 9.17) is 15.2 Å². The SMILES string of the molecule is CCOc1ccn(-c2ccc(F)cc2)c(=O)c1CC(=O)Nc1ccc(Oc2ccnc3[nH]cc(-c4ccc(C)c(N)c4)c23)c(F)c1. The van der Waals surface area contributed by atoms with E-state index < -0.39 is 23.1 Å². The summed E-state index contributed by atoms with van der Waals surface area (Å²) in [6, 6.07) is 18.4. The summed E-state index contributed by atoms with van der Waals surface area (Å²) in [6.45, 7) is 3.95. The highest BCUT2D eigenvalue weighted by Gasteiger charge is 2.19. The van der Waals surface area contributed by atoms with E-state index in [1.54, 1.807) is 31.5 Å². The Morgan fingerprint density at radius 3 is 2.54 bits per heavy atom. The molecule has 0 aliphatic carbocycles. The molecular formula is C35H29F2N5O4. The molecule has 3 aromatic carbocycles. The first-order valence-corrected chi connectivity index (χ1v) is 14.4. The molecule has 0 aliphatic rings. The number of benzene rings is 3. The smallest absolute Gasteiger partial charge is 0.262 e. The number of nitrogen functional groups attached to an aromatic ring is 1. The van der Waals surface area contributed by atoms with Crippen molar-refractivity contribution in [2.45, 2.75) is 20.3 Å². The molecule has 0 aliphatic heterocycles. The third-order valence-electron chi connectivity index (χ3n) is 7.45. The van der Waals surface area contributed by atoms with Crippen LogP contribution in [0.15, 0.2) is 96.2 Å². The Hall–Kier alpha value is -5.97. The van der Waals surface area contributed by atoms with Gasteiger partial charge in [-0.05, 0) is 79.6 Å². The Kier molecular flexibility index (Phi) is 8.21. The number of hydrogen-bond acceptors (Lipinski definition) is 6. The summed E-state index contributed by atoms with van der Waals surface area (Å²) in [5.41, 5.74) is 10.1. The molecule has 0 radical (unpaired) electrons. The van der Waals surface area contributed by atoms with Crippen LogP contribution in [0.3, 0.4) is 0 Å². The Balaban J connectivity index is 1.23. The topological polar surface area (TPSA) is 124 Å². The maximum absolute atomic E-state index is 15.3. The summed E-state index contributed by atoms with van der Waals surface area (Å²) in [4.78, 5) is 33.9. The van der Waals surface area contributed by atoms with E-state index in [9.17, 15) is 14.0 Å². The molecule has 0 atom stereocenters. The number of nitrogens with two attached hydrogens (primary N) is 1. The molecule has 0 fully saturated rings. The molecule has 6 aromatic rings. The van der Waals surface area contributed by atoms with Crippen LogP contribution in [0.2, 0.25) is 0 Å². The molecular weight excluding hydrogens is 592 g/mol. The molecule has 4 N–H and O–H groups in total. The molecule has 0 spiro atoms. The zero-order valence-corrected chi connectivity index (χ0v) is 24.9. The van der Waals surface area contributed by atoms with Gasteiger partial charge in [0.25, 0.3) is 5.56 Å². The molecule has 1 amide bonds. The van der Waals surface area contributed by atoms with Gasteiger partial charge in [-0.3, -0.25) is 14.2 Å². The maximum atomic E-state index is 15.3. The average molecular weight is 622 g/mol. The number of H-pyrrole nitrogens is 1. The van der Waals surface area contributed by atoms with Crippen molar-refractivity contribution >= 4 is 28.3 Å². The third-order valence-corrected chi connectivity index (χ3v) is 7.45. The van der Waals surface area contributed by atoms with E-state index in [-0.39, 0.29) is 35.8 Å². The number of hydrogen-bond donors (Lipinski definition) is 3. The number of nitrogens with one attached hydrogen (secondary N) is 2. The Morgan fingerprint density at radius 2 is 1.80 bits per heavy atom. The normalized spacial score (nSPS) is 11.0. The first kappa shape index (κ1) is 30.1. The molecule has 6 rings (SSSR count). The largest absolute Gasteiger partial charge is 0.493 e. The van der Waals surface area contributed by atoms with Gasteiger partial charge in [0.1, 0.15) is 23.0 Å². The minimum absolute atomic E-state index is 0.0649. The number of aryl methyl sites for hydroxylation is 1. The standard InChI is InChI=1S/C35H29F2N5O4/c1-3-45-29-13-15-42(24-9-6-22(36)7-10-24)35(44)25(29)18-32(43)41-23-8-11-30(27(37)17-23)46-31-12-14-39-34-33(31)26(19-40-34)21-5-4-20(2)28(38)16-21/h4-17,19H,3,18,38H2,1-2H3,(H,39,40)(H,41,43). The van der Waals surface area contributed by atoms with Crippen LogP contribution in [-0.2, 0) is 11.2 Å². The molecule has 0 saturated carbocycles. The second-order valence-electron chi connectivity index (χ2n) is 10.5. The van der Waals surface area contributed by atoms with E-state index >= 15 is 4.39 Å². The fraction of sp³-hybridized carbons (Fsp3) is 0.114. The zero-order chi connectivity index (χ0) is 32.4. The predicted molar refractivity (Wildman–Crippen MR) is 173 cm³/mol. The maximum Gasteiger partial charge on any atom is 0.262 e. The van der Waals surface area contributed by atoms with E-state index in [0.29, 0.717) is 28.2 Å². The highest BCUT2D eigenvalue weighted by atomic mass is 19.1. The number of rotatable bonds is 9. The van der Waals surface area contributed by atoms with Gasteiger partial charge < -0.3 is 25.5 Å². The number of pyridine rings is 2. The van der Waals surface area contributed by atoms with Crippen LogP contribution < -0.4 is 26.1 Å². The van der Waals surface area contributed by atoms with Crippen molar-refractivity contribution < 1.29 is 23.0 Å². The molecule has 3 aromatic heterocycles. The molecule has 0 bridgehead atoms. The summed E-state index contributed by atoms with van der Waals surface area (Å²) in [6.07, 6.45) is 4.50. The van der Waals surface area contributed by atoms with Gasteiger partial charge in [-0.25, -0.2) is 13.8 Å². The van der Waals surface area contributed by atoms with E-state index in [0.717, 1.165) is 22.8 Å². The van der Waals surface area contributed by atoms with Crippen molar-refractivity contribution in [1.82, 2.24) is 14.5 Å². The van der Waals surface area contributed by atoms with Gasteiger partial charge in [0, 0.05) is 47.3 Å². The number of nitrogens with zero attached hydrogens (tertiary/aromatic N) is 2. The van der Waals surface area contributed by atoms with Gasteiger partial charge in [-0.15, -0.1) is 0 Å². The molecule has 46 heavy (non-hydrogen) atoms. The van der Waals surface area contributed by atoms with Crippen molar-refractivity contribution in [3.63, 3.8) is 0 Å². The number of carbonyl (C=O) groups excluding carboxylic acids is 1. The quantitative estimate of drug-likeness (QED) is 0.151. The minimum Gasteiger partial charge on any atom is -0.493 e. The van der Waals surface area contributed by atoms with Crippen molar-refractivity contribution in [2.24, 2.45) is 0 Å². The highest BCUT2D eigenvalue weighted by molar-refractivity contribution is 5.98. The molecule has 0 unspecified atom stereocenters. The lowest BCUT2D eigenvalue weighted by Gasteiger charge is -2.14. The number of anilines is 2. The Morgan fingerprint density at radius 1 is 1.00 bits per heavy atom. The van der Waals surface area contributed by atoms with Crippen molar-refractivity contribution in [2.75, 3.05) is 17.7 Å². The molecule has 11 heteroatoms. The fourth-order valence-corrected chi connectivity index (χ4v) is 5.11. The summed E-state index contributed by atoms with van der Waals surface area (Å²) >= 11 is 0. The number of amides is 1. The van der Waals surface area contributed by atoms with Gasteiger partial charge in [-0.2, -0.15) is 0 Å².